The van der Waals surface area contributed by atoms with E-state index in [0.29, 0.717) is 40.8 Å². The van der Waals surface area contributed by atoms with E-state index in [-0.39, 0.29) is 18.7 Å². The molecule has 8 nitrogen and oxygen atoms in total. The average Bonchev–Trinajstić information content (AvgIpc) is 3.17. The molecule has 0 bridgehead atoms. The van der Waals surface area contributed by atoms with Crippen LogP contribution in [0.4, 0.5) is 11.4 Å². The molecule has 0 aliphatic carbocycles. The first-order valence-corrected chi connectivity index (χ1v) is 9.64. The molecule has 154 valence electrons. The van der Waals surface area contributed by atoms with Gasteiger partial charge in [-0.1, -0.05) is 26.2 Å². The molecule has 29 heavy (non-hydrogen) atoms. The van der Waals surface area contributed by atoms with Crippen molar-refractivity contribution in [2.24, 2.45) is 16.5 Å². The van der Waals surface area contributed by atoms with Gasteiger partial charge in [0.25, 0.3) is 5.91 Å². The Kier molecular flexibility index (Phi) is 6.78. The fraction of sp³-hybridized carbons (Fsp3) is 0.333. The van der Waals surface area contributed by atoms with Crippen LogP contribution in [0.2, 0.25) is 0 Å². The predicted molar refractivity (Wildman–Crippen MR) is 112 cm³/mol. The maximum absolute atomic E-state index is 12.6. The zero-order valence-corrected chi connectivity index (χ0v) is 16.4. The lowest BCUT2D eigenvalue weighted by molar-refractivity contribution is 0.102. The number of carbonyl (C=O) groups excluding carboxylic acids is 1. The molecule has 0 spiro atoms. The molecule has 8 heteroatoms. The molecular formula is C21H26N4O4. The molecule has 0 aromatic heterocycles. The number of hydrogen-bond acceptors (Lipinski definition) is 5. The van der Waals surface area contributed by atoms with Crippen LogP contribution in [0.25, 0.3) is 0 Å². The molecule has 2 aromatic carbocycles. The number of benzene rings is 2. The van der Waals surface area contributed by atoms with Crippen molar-refractivity contribution >= 4 is 23.2 Å². The molecule has 0 saturated carbocycles. The second-order valence-corrected chi connectivity index (χ2v) is 6.65. The van der Waals surface area contributed by atoms with Gasteiger partial charge in [-0.15, -0.1) is 0 Å². The third-order valence-electron chi connectivity index (χ3n) is 4.36. The van der Waals surface area contributed by atoms with Crippen molar-refractivity contribution in [1.82, 2.24) is 0 Å². The number of nitrogens with zero attached hydrogens (tertiary/aromatic N) is 1. The highest BCUT2D eigenvalue weighted by molar-refractivity contribution is 6.05. The third kappa shape index (κ3) is 5.54. The van der Waals surface area contributed by atoms with Crippen LogP contribution < -0.4 is 31.0 Å². The highest BCUT2D eigenvalue weighted by Crippen LogP contribution is 2.34. The summed E-state index contributed by atoms with van der Waals surface area (Å²) in [6, 6.07) is 10.2. The molecule has 0 atom stereocenters. The van der Waals surface area contributed by atoms with Crippen molar-refractivity contribution in [2.45, 2.75) is 32.6 Å². The van der Waals surface area contributed by atoms with Crippen LogP contribution in [0.3, 0.4) is 0 Å². The van der Waals surface area contributed by atoms with Gasteiger partial charge in [-0.25, -0.2) is 4.99 Å². The Bertz CT molecular complexity index is 894. The van der Waals surface area contributed by atoms with Crippen molar-refractivity contribution in [3.05, 3.63) is 42.0 Å². The number of amides is 1. The molecular weight excluding hydrogens is 372 g/mol. The van der Waals surface area contributed by atoms with Crippen LogP contribution >= 0.6 is 0 Å². The van der Waals surface area contributed by atoms with E-state index in [1.807, 2.05) is 0 Å². The number of fused-ring (bicyclic) bond motifs is 1. The van der Waals surface area contributed by atoms with Gasteiger partial charge in [0.2, 0.25) is 6.79 Å². The van der Waals surface area contributed by atoms with Crippen molar-refractivity contribution in [2.75, 3.05) is 18.7 Å². The van der Waals surface area contributed by atoms with Crippen LogP contribution in [0.15, 0.2) is 41.4 Å². The van der Waals surface area contributed by atoms with Crippen LogP contribution in [0.5, 0.6) is 17.2 Å². The number of rotatable bonds is 9. The number of unbranched alkanes of at least 4 members (excludes halogenated alkanes) is 3. The van der Waals surface area contributed by atoms with Crippen LogP contribution in [-0.4, -0.2) is 25.3 Å². The fourth-order valence-electron chi connectivity index (χ4n) is 2.89. The van der Waals surface area contributed by atoms with Crippen LogP contribution in [0.1, 0.15) is 43.0 Å². The second-order valence-electron chi connectivity index (χ2n) is 6.65. The molecule has 1 amide bonds. The number of nitrogens with one attached hydrogen (secondary N) is 1. The first-order valence-electron chi connectivity index (χ1n) is 9.64. The Morgan fingerprint density at radius 3 is 2.72 bits per heavy atom. The number of ether oxygens (including phenoxy) is 3. The van der Waals surface area contributed by atoms with Gasteiger partial charge < -0.3 is 31.0 Å². The highest BCUT2D eigenvalue weighted by atomic mass is 16.7. The smallest absolute Gasteiger partial charge is 0.255 e. The molecule has 1 aliphatic heterocycles. The number of hydrogen-bond donors (Lipinski definition) is 3. The molecule has 0 unspecified atom stereocenters. The molecule has 1 heterocycles. The minimum atomic E-state index is -0.271. The predicted octanol–water partition coefficient (Wildman–Crippen LogP) is 3.53. The van der Waals surface area contributed by atoms with E-state index in [1.54, 1.807) is 36.4 Å². The average molecular weight is 398 g/mol. The SMILES string of the molecule is CCCCCCOc1cc(NC(=O)c2ccc3c(c2)OCO3)ccc1N=C(N)N. The zero-order chi connectivity index (χ0) is 20.6. The lowest BCUT2D eigenvalue weighted by atomic mass is 10.1. The van der Waals surface area contributed by atoms with Crippen LogP contribution in [-0.2, 0) is 0 Å². The quantitative estimate of drug-likeness (QED) is 0.337. The maximum Gasteiger partial charge on any atom is 0.255 e. The van der Waals surface area contributed by atoms with E-state index in [9.17, 15) is 4.79 Å². The first kappa shape index (κ1) is 20.3. The summed E-state index contributed by atoms with van der Waals surface area (Å²) in [7, 11) is 0. The standard InChI is InChI=1S/C21H26N4O4/c1-2-3-4-5-10-27-18-12-15(7-8-16(18)25-21(22)23)24-20(26)14-6-9-17-19(11-14)29-13-28-17/h6-9,11-12H,2-5,10,13H2,1H3,(H,24,26)(H4,22,23,25). The molecule has 3 rings (SSSR count). The first-order chi connectivity index (χ1) is 14.1. The Labute approximate surface area is 169 Å². The molecule has 0 fully saturated rings. The molecule has 2 aromatic rings. The van der Waals surface area contributed by atoms with Crippen LogP contribution in [0, 0.1) is 0 Å². The Balaban J connectivity index is 1.72. The number of aliphatic imine (C=N–C) groups is 1. The summed E-state index contributed by atoms with van der Waals surface area (Å²) in [4.78, 5) is 16.7. The minimum absolute atomic E-state index is 0.0574. The van der Waals surface area contributed by atoms with Crippen molar-refractivity contribution < 1.29 is 19.0 Å². The largest absolute Gasteiger partial charge is 0.491 e. The number of anilines is 1. The Hall–Kier alpha value is -3.42. The monoisotopic (exact) mass is 398 g/mol. The van der Waals surface area contributed by atoms with Crippen molar-refractivity contribution in [3.63, 3.8) is 0 Å². The summed E-state index contributed by atoms with van der Waals surface area (Å²) in [6.07, 6.45) is 4.34. The van der Waals surface area contributed by atoms with E-state index in [0.717, 1.165) is 25.7 Å². The van der Waals surface area contributed by atoms with Gasteiger partial charge in [0.05, 0.1) is 6.61 Å². The summed E-state index contributed by atoms with van der Waals surface area (Å²) < 4.78 is 16.5. The van der Waals surface area contributed by atoms with E-state index >= 15 is 0 Å². The number of guanidine groups is 1. The van der Waals surface area contributed by atoms with Gasteiger partial charge in [0, 0.05) is 17.3 Å². The summed E-state index contributed by atoms with van der Waals surface area (Å²) in [5.74, 6) is 1.36. The van der Waals surface area contributed by atoms with E-state index < -0.39 is 0 Å². The van der Waals surface area contributed by atoms with E-state index in [1.165, 1.54) is 0 Å². The lowest BCUT2D eigenvalue weighted by Gasteiger charge is -2.12. The minimum Gasteiger partial charge on any atom is -0.491 e. The van der Waals surface area contributed by atoms with E-state index in [2.05, 4.69) is 17.2 Å². The molecule has 0 saturated heterocycles. The van der Waals surface area contributed by atoms with Gasteiger partial charge in [-0.05, 0) is 36.8 Å². The number of carbonyl (C=O) groups is 1. The molecule has 1 aliphatic rings. The molecule has 5 N–H and O–H groups in total. The van der Waals surface area contributed by atoms with Crippen molar-refractivity contribution in [1.29, 1.82) is 0 Å². The summed E-state index contributed by atoms with van der Waals surface area (Å²) in [5.41, 5.74) is 12.6. The Morgan fingerprint density at radius 1 is 1.10 bits per heavy atom. The highest BCUT2D eigenvalue weighted by Gasteiger charge is 2.16. The van der Waals surface area contributed by atoms with Gasteiger partial charge in [-0.3, -0.25) is 4.79 Å². The van der Waals surface area contributed by atoms with Crippen molar-refractivity contribution in [3.8, 4) is 17.2 Å². The van der Waals surface area contributed by atoms with E-state index in [4.69, 9.17) is 25.7 Å². The zero-order valence-electron chi connectivity index (χ0n) is 16.4. The lowest BCUT2D eigenvalue weighted by Crippen LogP contribution is -2.22. The third-order valence-corrected chi connectivity index (χ3v) is 4.36. The summed E-state index contributed by atoms with van der Waals surface area (Å²) in [5, 5.41) is 2.85. The van der Waals surface area contributed by atoms with Gasteiger partial charge in [0.1, 0.15) is 11.4 Å². The second kappa shape index (κ2) is 9.68. The van der Waals surface area contributed by atoms with Gasteiger partial charge >= 0.3 is 0 Å². The van der Waals surface area contributed by atoms with Gasteiger partial charge in [-0.2, -0.15) is 0 Å². The maximum atomic E-state index is 12.6. The normalized spacial score (nSPS) is 11.8. The number of nitrogens with two attached hydrogens (primary N) is 2. The molecule has 0 radical (unpaired) electrons. The Morgan fingerprint density at radius 2 is 1.93 bits per heavy atom. The topological polar surface area (TPSA) is 121 Å². The summed E-state index contributed by atoms with van der Waals surface area (Å²) in [6.45, 7) is 2.86. The fourth-order valence-corrected chi connectivity index (χ4v) is 2.89. The van der Waals surface area contributed by atoms with Gasteiger partial charge in [0.15, 0.2) is 17.5 Å². The summed E-state index contributed by atoms with van der Waals surface area (Å²) >= 11 is 0.